The van der Waals surface area contributed by atoms with Crippen LogP contribution in [0.25, 0.3) is 0 Å². The molecule has 0 spiro atoms. The van der Waals surface area contributed by atoms with Crippen LogP contribution in [0.4, 0.5) is 5.69 Å². The molecule has 1 heterocycles. The monoisotopic (exact) mass is 317 g/mol. The first kappa shape index (κ1) is 11.2. The summed E-state index contributed by atoms with van der Waals surface area (Å²) in [4.78, 5) is 0. The Labute approximate surface area is 105 Å². The molecule has 82 valence electrons. The van der Waals surface area contributed by atoms with Crippen molar-refractivity contribution in [2.75, 3.05) is 11.9 Å². The van der Waals surface area contributed by atoms with Crippen molar-refractivity contribution in [3.8, 4) is 0 Å². The highest BCUT2D eigenvalue weighted by molar-refractivity contribution is 14.1. The van der Waals surface area contributed by atoms with Crippen molar-refractivity contribution in [1.29, 1.82) is 0 Å². The van der Waals surface area contributed by atoms with E-state index in [1.54, 1.807) is 0 Å². The summed E-state index contributed by atoms with van der Waals surface area (Å²) < 4.78 is 6.82. The van der Waals surface area contributed by atoms with Gasteiger partial charge in [0.2, 0.25) is 0 Å². The summed E-state index contributed by atoms with van der Waals surface area (Å²) in [6.45, 7) is 5.15. The predicted molar refractivity (Wildman–Crippen MR) is 71.3 cm³/mol. The highest BCUT2D eigenvalue weighted by atomic mass is 127. The Morgan fingerprint density at radius 2 is 2.27 bits per heavy atom. The lowest BCUT2D eigenvalue weighted by Crippen LogP contribution is -2.26. The first-order chi connectivity index (χ1) is 7.16. The van der Waals surface area contributed by atoms with Crippen LogP contribution in [-0.2, 0) is 4.74 Å². The fraction of sp³-hybridized carbons (Fsp3) is 0.500. The Balaban J connectivity index is 2.10. The molecule has 2 rings (SSSR count). The van der Waals surface area contributed by atoms with Gasteiger partial charge in [0, 0.05) is 15.9 Å². The Hall–Kier alpha value is -0.290. The van der Waals surface area contributed by atoms with Crippen LogP contribution in [0.15, 0.2) is 18.2 Å². The number of ether oxygens (including phenoxy) is 1. The summed E-state index contributed by atoms with van der Waals surface area (Å²) >= 11 is 2.34. The molecule has 0 aliphatic carbocycles. The highest BCUT2D eigenvalue weighted by Crippen LogP contribution is 2.22. The van der Waals surface area contributed by atoms with Crippen LogP contribution in [0.5, 0.6) is 0 Å². The molecule has 1 aromatic rings. The maximum atomic E-state index is 5.54. The number of anilines is 1. The van der Waals surface area contributed by atoms with Crippen molar-refractivity contribution < 1.29 is 4.74 Å². The van der Waals surface area contributed by atoms with Gasteiger partial charge in [0.05, 0.1) is 12.1 Å². The molecule has 3 heteroatoms. The van der Waals surface area contributed by atoms with Gasteiger partial charge in [0.25, 0.3) is 0 Å². The summed E-state index contributed by atoms with van der Waals surface area (Å²) in [7, 11) is 0. The average molecular weight is 317 g/mol. The lowest BCUT2D eigenvalue weighted by atomic mass is 10.1. The maximum absolute atomic E-state index is 5.54. The van der Waals surface area contributed by atoms with Gasteiger partial charge in [-0.2, -0.15) is 0 Å². The van der Waals surface area contributed by atoms with E-state index in [0.717, 1.165) is 13.0 Å². The fourth-order valence-corrected chi connectivity index (χ4v) is 2.56. The van der Waals surface area contributed by atoms with E-state index in [9.17, 15) is 0 Å². The van der Waals surface area contributed by atoms with E-state index in [4.69, 9.17) is 4.74 Å². The van der Waals surface area contributed by atoms with Crippen molar-refractivity contribution in [2.24, 2.45) is 0 Å². The van der Waals surface area contributed by atoms with E-state index in [-0.39, 0.29) is 0 Å². The first-order valence-corrected chi connectivity index (χ1v) is 6.39. The number of hydrogen-bond donors (Lipinski definition) is 1. The summed E-state index contributed by atoms with van der Waals surface area (Å²) in [5.41, 5.74) is 2.54. The molecule has 1 aliphatic heterocycles. The average Bonchev–Trinajstić information content (AvgIpc) is 2.57. The Bertz CT molecular complexity index is 353. The zero-order valence-corrected chi connectivity index (χ0v) is 11.2. The van der Waals surface area contributed by atoms with E-state index in [0.29, 0.717) is 12.1 Å². The molecular weight excluding hydrogens is 301 g/mol. The second kappa shape index (κ2) is 4.70. The summed E-state index contributed by atoms with van der Waals surface area (Å²) in [5.74, 6) is 0. The summed E-state index contributed by atoms with van der Waals surface area (Å²) in [6.07, 6.45) is 1.43. The van der Waals surface area contributed by atoms with E-state index in [2.05, 4.69) is 60.0 Å². The molecule has 2 atom stereocenters. The highest BCUT2D eigenvalue weighted by Gasteiger charge is 2.24. The second-order valence-corrected chi connectivity index (χ2v) is 5.32. The van der Waals surface area contributed by atoms with Gasteiger partial charge >= 0.3 is 0 Å². The van der Waals surface area contributed by atoms with Crippen LogP contribution in [0.2, 0.25) is 0 Å². The smallest absolute Gasteiger partial charge is 0.0748 e. The number of halogens is 1. The van der Waals surface area contributed by atoms with Gasteiger partial charge in [-0.1, -0.05) is 0 Å². The minimum absolute atomic E-state index is 0.323. The third-order valence-corrected chi connectivity index (χ3v) is 3.58. The van der Waals surface area contributed by atoms with Crippen LogP contribution >= 0.6 is 22.6 Å². The Morgan fingerprint density at radius 3 is 2.87 bits per heavy atom. The molecule has 0 saturated carbocycles. The lowest BCUT2D eigenvalue weighted by Gasteiger charge is -2.19. The predicted octanol–water partition coefficient (Wildman–Crippen LogP) is 3.19. The van der Waals surface area contributed by atoms with E-state index in [1.807, 2.05) is 0 Å². The molecule has 1 fully saturated rings. The summed E-state index contributed by atoms with van der Waals surface area (Å²) in [5, 5.41) is 3.56. The molecule has 2 nitrogen and oxygen atoms in total. The van der Waals surface area contributed by atoms with Crippen molar-refractivity contribution in [3.63, 3.8) is 0 Å². The van der Waals surface area contributed by atoms with Crippen molar-refractivity contribution in [2.45, 2.75) is 32.4 Å². The number of benzene rings is 1. The molecule has 1 N–H and O–H groups in total. The maximum Gasteiger partial charge on any atom is 0.0748 e. The van der Waals surface area contributed by atoms with Crippen molar-refractivity contribution in [1.82, 2.24) is 0 Å². The van der Waals surface area contributed by atoms with Gasteiger partial charge in [0.15, 0.2) is 0 Å². The topological polar surface area (TPSA) is 21.3 Å². The van der Waals surface area contributed by atoms with Crippen LogP contribution < -0.4 is 5.32 Å². The second-order valence-electron chi connectivity index (χ2n) is 4.07. The Morgan fingerprint density at radius 1 is 1.47 bits per heavy atom. The van der Waals surface area contributed by atoms with Crippen LogP contribution in [0.3, 0.4) is 0 Å². The number of rotatable bonds is 2. The number of nitrogens with one attached hydrogen (secondary N) is 1. The van der Waals surface area contributed by atoms with Gasteiger partial charge in [-0.25, -0.2) is 0 Å². The zero-order valence-electron chi connectivity index (χ0n) is 9.09. The van der Waals surface area contributed by atoms with Gasteiger partial charge < -0.3 is 10.1 Å². The van der Waals surface area contributed by atoms with E-state index >= 15 is 0 Å². The standard InChI is InChI=1S/C12H16INO/c1-8-7-10(13)3-4-11(8)14-12-5-6-15-9(12)2/h3-4,7,9,12,14H,5-6H2,1-2H3. The SMILES string of the molecule is Cc1cc(I)ccc1NC1CCOC1C. The van der Waals surface area contributed by atoms with Gasteiger partial charge in [0.1, 0.15) is 0 Å². The molecule has 0 radical (unpaired) electrons. The third kappa shape index (κ3) is 2.64. The van der Waals surface area contributed by atoms with Crippen LogP contribution in [-0.4, -0.2) is 18.8 Å². The van der Waals surface area contributed by atoms with Crippen LogP contribution in [0, 0.1) is 10.5 Å². The minimum Gasteiger partial charge on any atom is -0.379 e. The molecule has 0 bridgehead atoms. The summed E-state index contributed by atoms with van der Waals surface area (Å²) in [6, 6.07) is 6.95. The van der Waals surface area contributed by atoms with Crippen molar-refractivity contribution in [3.05, 3.63) is 27.3 Å². The van der Waals surface area contributed by atoms with Crippen LogP contribution in [0.1, 0.15) is 18.9 Å². The third-order valence-electron chi connectivity index (χ3n) is 2.91. The number of hydrogen-bond acceptors (Lipinski definition) is 2. The van der Waals surface area contributed by atoms with Crippen molar-refractivity contribution >= 4 is 28.3 Å². The van der Waals surface area contributed by atoms with E-state index < -0.39 is 0 Å². The molecule has 0 aromatic heterocycles. The molecule has 15 heavy (non-hydrogen) atoms. The van der Waals surface area contributed by atoms with Gasteiger partial charge in [-0.05, 0) is 66.6 Å². The fourth-order valence-electron chi connectivity index (χ4n) is 1.91. The molecule has 2 unspecified atom stereocenters. The van der Waals surface area contributed by atoms with Gasteiger partial charge in [-0.3, -0.25) is 0 Å². The van der Waals surface area contributed by atoms with Gasteiger partial charge in [-0.15, -0.1) is 0 Å². The quantitative estimate of drug-likeness (QED) is 0.846. The van der Waals surface area contributed by atoms with E-state index in [1.165, 1.54) is 14.8 Å². The molecular formula is C12H16INO. The molecule has 0 amide bonds. The number of aryl methyl sites for hydroxylation is 1. The zero-order chi connectivity index (χ0) is 10.8. The first-order valence-electron chi connectivity index (χ1n) is 5.31. The Kier molecular flexibility index (Phi) is 3.51. The largest absolute Gasteiger partial charge is 0.379 e. The normalized spacial score (nSPS) is 25.5. The lowest BCUT2D eigenvalue weighted by molar-refractivity contribution is 0.121. The molecule has 1 saturated heterocycles. The minimum atomic E-state index is 0.323. The molecule has 1 aromatic carbocycles. The molecule has 1 aliphatic rings.